The number of rotatable bonds is 6. The Morgan fingerprint density at radius 1 is 1.39 bits per heavy atom. The molecule has 0 bridgehead atoms. The Balaban J connectivity index is 1.99. The second-order valence-corrected chi connectivity index (χ2v) is 6.76. The van der Waals surface area contributed by atoms with Gasteiger partial charge in [0.05, 0.1) is 9.77 Å². The van der Waals surface area contributed by atoms with E-state index in [1.165, 1.54) is 48.5 Å². The van der Waals surface area contributed by atoms with Crippen LogP contribution in [0.4, 0.5) is 0 Å². The number of nitrogens with zero attached hydrogens (tertiary/aromatic N) is 2. The fraction of sp³-hybridized carbons (Fsp3) is 0.786. The summed E-state index contributed by atoms with van der Waals surface area (Å²) in [4.78, 5) is 0. The van der Waals surface area contributed by atoms with Crippen LogP contribution in [0.2, 0.25) is 0 Å². The first-order valence-corrected chi connectivity index (χ1v) is 7.99. The highest BCUT2D eigenvalue weighted by Crippen LogP contribution is 2.41. The molecule has 1 aromatic rings. The Morgan fingerprint density at radius 2 is 2.17 bits per heavy atom. The van der Waals surface area contributed by atoms with Crippen molar-refractivity contribution in [2.45, 2.75) is 51.5 Å². The SMILES string of the molecule is COCCCC1(Cn2cc(I)cn2)CCCCC1. The van der Waals surface area contributed by atoms with Crippen LogP contribution >= 0.6 is 22.6 Å². The molecule has 1 aliphatic rings. The topological polar surface area (TPSA) is 27.1 Å². The quantitative estimate of drug-likeness (QED) is 0.568. The van der Waals surface area contributed by atoms with Gasteiger partial charge in [0.1, 0.15) is 0 Å². The van der Waals surface area contributed by atoms with Gasteiger partial charge >= 0.3 is 0 Å². The summed E-state index contributed by atoms with van der Waals surface area (Å²) in [6.07, 6.45) is 13.4. The van der Waals surface area contributed by atoms with Gasteiger partial charge in [0.25, 0.3) is 0 Å². The molecule has 0 aromatic carbocycles. The van der Waals surface area contributed by atoms with Gasteiger partial charge in [-0.15, -0.1) is 0 Å². The molecule has 1 fully saturated rings. The lowest BCUT2D eigenvalue weighted by Crippen LogP contribution is -2.30. The molecule has 0 amide bonds. The molecule has 0 N–H and O–H groups in total. The monoisotopic (exact) mass is 362 g/mol. The predicted octanol–water partition coefficient (Wildman–Crippen LogP) is 3.86. The van der Waals surface area contributed by atoms with Gasteiger partial charge in [-0.2, -0.15) is 5.10 Å². The number of aromatic nitrogens is 2. The first-order chi connectivity index (χ1) is 8.74. The average molecular weight is 362 g/mol. The summed E-state index contributed by atoms with van der Waals surface area (Å²) in [6.45, 7) is 1.97. The Labute approximate surface area is 123 Å². The zero-order valence-electron chi connectivity index (χ0n) is 11.2. The summed E-state index contributed by atoms with van der Waals surface area (Å²) in [6, 6.07) is 0. The minimum absolute atomic E-state index is 0.464. The highest BCUT2D eigenvalue weighted by Gasteiger charge is 2.32. The highest BCUT2D eigenvalue weighted by molar-refractivity contribution is 14.1. The normalized spacial score (nSPS) is 19.0. The third-order valence-electron chi connectivity index (χ3n) is 4.07. The van der Waals surface area contributed by atoms with Crippen LogP contribution in [0.5, 0.6) is 0 Å². The van der Waals surface area contributed by atoms with Crippen LogP contribution in [0.3, 0.4) is 0 Å². The van der Waals surface area contributed by atoms with Gasteiger partial charge < -0.3 is 4.74 Å². The fourth-order valence-corrected chi connectivity index (χ4v) is 3.59. The zero-order valence-corrected chi connectivity index (χ0v) is 13.4. The average Bonchev–Trinajstić information content (AvgIpc) is 2.76. The molecule has 0 spiro atoms. The van der Waals surface area contributed by atoms with E-state index in [9.17, 15) is 0 Å². The summed E-state index contributed by atoms with van der Waals surface area (Å²) in [5.41, 5.74) is 0.464. The minimum atomic E-state index is 0.464. The van der Waals surface area contributed by atoms with Gasteiger partial charge in [-0.3, -0.25) is 4.68 Å². The van der Waals surface area contributed by atoms with Crippen molar-refractivity contribution in [2.24, 2.45) is 5.41 Å². The van der Waals surface area contributed by atoms with Crippen molar-refractivity contribution >= 4 is 22.6 Å². The highest BCUT2D eigenvalue weighted by atomic mass is 127. The second kappa shape index (κ2) is 6.89. The molecule has 1 heterocycles. The van der Waals surface area contributed by atoms with E-state index < -0.39 is 0 Å². The third kappa shape index (κ3) is 3.95. The molecule has 0 atom stereocenters. The van der Waals surface area contributed by atoms with E-state index in [4.69, 9.17) is 4.74 Å². The lowest BCUT2D eigenvalue weighted by molar-refractivity contribution is 0.110. The number of methoxy groups -OCH3 is 1. The molecule has 1 aromatic heterocycles. The molecule has 2 rings (SSSR count). The largest absolute Gasteiger partial charge is 0.385 e. The minimum Gasteiger partial charge on any atom is -0.385 e. The Kier molecular flexibility index (Phi) is 5.48. The van der Waals surface area contributed by atoms with Crippen molar-refractivity contribution in [3.8, 4) is 0 Å². The zero-order chi connectivity index (χ0) is 12.8. The van der Waals surface area contributed by atoms with Crippen molar-refractivity contribution in [1.82, 2.24) is 9.78 Å². The second-order valence-electron chi connectivity index (χ2n) is 5.51. The Bertz CT molecular complexity index is 358. The molecule has 0 saturated heterocycles. The summed E-state index contributed by atoms with van der Waals surface area (Å²) < 4.78 is 8.58. The van der Waals surface area contributed by atoms with Crippen LogP contribution in [0.1, 0.15) is 44.9 Å². The molecule has 102 valence electrons. The maximum Gasteiger partial charge on any atom is 0.0623 e. The number of ether oxygens (including phenoxy) is 1. The molecule has 4 heteroatoms. The van der Waals surface area contributed by atoms with Gasteiger partial charge in [0, 0.05) is 26.5 Å². The van der Waals surface area contributed by atoms with Crippen molar-refractivity contribution < 1.29 is 4.74 Å². The first-order valence-electron chi connectivity index (χ1n) is 6.91. The van der Waals surface area contributed by atoms with E-state index in [0.29, 0.717) is 5.41 Å². The molecular formula is C14H23IN2O. The van der Waals surface area contributed by atoms with Gasteiger partial charge in [-0.05, 0) is 53.7 Å². The standard InChI is InChI=1S/C14H23IN2O/c1-18-9-5-8-14(6-3-2-4-7-14)12-17-11-13(15)10-16-17/h10-11H,2-9,12H2,1H3. The molecule has 18 heavy (non-hydrogen) atoms. The van der Waals surface area contributed by atoms with E-state index in [1.54, 1.807) is 7.11 Å². The molecule has 1 aliphatic carbocycles. The number of hydrogen-bond acceptors (Lipinski definition) is 2. The molecule has 0 radical (unpaired) electrons. The fourth-order valence-electron chi connectivity index (χ4n) is 3.15. The summed E-state index contributed by atoms with van der Waals surface area (Å²) in [5, 5.41) is 4.46. The molecule has 0 aliphatic heterocycles. The van der Waals surface area contributed by atoms with Crippen LogP contribution in [0.25, 0.3) is 0 Å². The smallest absolute Gasteiger partial charge is 0.0623 e. The van der Waals surface area contributed by atoms with Crippen LogP contribution in [0, 0.1) is 8.99 Å². The first kappa shape index (κ1) is 14.3. The van der Waals surface area contributed by atoms with Gasteiger partial charge in [0.15, 0.2) is 0 Å². The van der Waals surface area contributed by atoms with E-state index in [-0.39, 0.29) is 0 Å². The molecule has 0 unspecified atom stereocenters. The molecular weight excluding hydrogens is 339 g/mol. The van der Waals surface area contributed by atoms with Crippen molar-refractivity contribution in [2.75, 3.05) is 13.7 Å². The van der Waals surface area contributed by atoms with E-state index in [1.807, 2.05) is 6.20 Å². The number of halogens is 1. The van der Waals surface area contributed by atoms with Gasteiger partial charge in [-0.1, -0.05) is 19.3 Å². The van der Waals surface area contributed by atoms with E-state index >= 15 is 0 Å². The maximum absolute atomic E-state index is 5.21. The summed E-state index contributed by atoms with van der Waals surface area (Å²) >= 11 is 2.33. The van der Waals surface area contributed by atoms with Crippen molar-refractivity contribution in [1.29, 1.82) is 0 Å². The van der Waals surface area contributed by atoms with Crippen LogP contribution in [0.15, 0.2) is 12.4 Å². The third-order valence-corrected chi connectivity index (χ3v) is 4.63. The lowest BCUT2D eigenvalue weighted by atomic mass is 9.71. The Morgan fingerprint density at radius 3 is 2.78 bits per heavy atom. The number of hydrogen-bond donors (Lipinski definition) is 0. The Hall–Kier alpha value is -0.100. The van der Waals surface area contributed by atoms with Crippen LogP contribution in [-0.4, -0.2) is 23.5 Å². The lowest BCUT2D eigenvalue weighted by Gasteiger charge is -2.37. The van der Waals surface area contributed by atoms with Crippen molar-refractivity contribution in [3.05, 3.63) is 16.0 Å². The molecule has 3 nitrogen and oxygen atoms in total. The van der Waals surface area contributed by atoms with Crippen LogP contribution < -0.4 is 0 Å². The summed E-state index contributed by atoms with van der Waals surface area (Å²) in [7, 11) is 1.80. The maximum atomic E-state index is 5.21. The van der Waals surface area contributed by atoms with Gasteiger partial charge in [0.2, 0.25) is 0 Å². The van der Waals surface area contributed by atoms with E-state index in [2.05, 4.69) is 38.6 Å². The van der Waals surface area contributed by atoms with Crippen molar-refractivity contribution in [3.63, 3.8) is 0 Å². The predicted molar refractivity (Wildman–Crippen MR) is 81.6 cm³/mol. The van der Waals surface area contributed by atoms with Gasteiger partial charge in [-0.25, -0.2) is 0 Å². The molecule has 1 saturated carbocycles. The summed E-state index contributed by atoms with van der Waals surface area (Å²) in [5.74, 6) is 0. The van der Waals surface area contributed by atoms with Crippen LogP contribution in [-0.2, 0) is 11.3 Å². The van der Waals surface area contributed by atoms with E-state index in [0.717, 1.165) is 13.2 Å².